The zero-order valence-corrected chi connectivity index (χ0v) is 29.7. The number of amides is 2. The van der Waals surface area contributed by atoms with Gasteiger partial charge in [0.15, 0.2) is 0 Å². The molecule has 248 valence electrons. The summed E-state index contributed by atoms with van der Waals surface area (Å²) >= 11 is 12.8. The zero-order valence-electron chi connectivity index (χ0n) is 27.3. The van der Waals surface area contributed by atoms with Gasteiger partial charge in [-0.15, -0.1) is 0 Å². The molecule has 0 aliphatic rings. The fourth-order valence-corrected chi connectivity index (χ4v) is 6.95. The van der Waals surface area contributed by atoms with Crippen LogP contribution >= 0.6 is 23.2 Å². The Morgan fingerprint density at radius 1 is 0.851 bits per heavy atom. The first-order valence-corrected chi connectivity index (χ1v) is 17.7. The lowest BCUT2D eigenvalue weighted by atomic mass is 10.0. The van der Waals surface area contributed by atoms with E-state index in [0.29, 0.717) is 27.7 Å². The van der Waals surface area contributed by atoms with E-state index < -0.39 is 28.5 Å². The Balaban J connectivity index is 1.85. The molecule has 0 heterocycles. The monoisotopic (exact) mass is 693 g/mol. The number of sulfonamides is 1. The minimum Gasteiger partial charge on any atom is -0.352 e. The second-order valence-electron chi connectivity index (χ2n) is 11.9. The van der Waals surface area contributed by atoms with Crippen molar-refractivity contribution in [1.29, 1.82) is 0 Å². The van der Waals surface area contributed by atoms with E-state index in [4.69, 9.17) is 23.2 Å². The Labute approximate surface area is 288 Å². The molecule has 0 aliphatic heterocycles. The van der Waals surface area contributed by atoms with Crippen molar-refractivity contribution in [3.63, 3.8) is 0 Å². The quantitative estimate of drug-likeness (QED) is 0.156. The van der Waals surface area contributed by atoms with Gasteiger partial charge in [-0.3, -0.25) is 13.9 Å². The maximum atomic E-state index is 14.7. The third-order valence-corrected chi connectivity index (χ3v) is 10.7. The number of anilines is 1. The van der Waals surface area contributed by atoms with Crippen LogP contribution in [-0.2, 0) is 32.6 Å². The Kier molecular flexibility index (Phi) is 12.1. The van der Waals surface area contributed by atoms with Crippen LogP contribution < -0.4 is 9.62 Å². The van der Waals surface area contributed by atoms with Crippen molar-refractivity contribution in [2.24, 2.45) is 0 Å². The molecule has 2 atom stereocenters. The van der Waals surface area contributed by atoms with Gasteiger partial charge in [0, 0.05) is 29.1 Å². The highest BCUT2D eigenvalue weighted by atomic mass is 35.5. The number of halogens is 2. The van der Waals surface area contributed by atoms with E-state index in [-0.39, 0.29) is 29.8 Å². The van der Waals surface area contributed by atoms with Crippen LogP contribution in [0.5, 0.6) is 0 Å². The number of carbonyl (C=O) groups is 2. The van der Waals surface area contributed by atoms with Gasteiger partial charge in [0.2, 0.25) is 11.8 Å². The van der Waals surface area contributed by atoms with Crippen molar-refractivity contribution >= 4 is 50.7 Å². The number of nitrogens with zero attached hydrogens (tertiary/aromatic N) is 2. The molecule has 4 aromatic rings. The first kappa shape index (κ1) is 36.0. The van der Waals surface area contributed by atoms with Crippen LogP contribution in [0.4, 0.5) is 5.69 Å². The number of aryl methyl sites for hydroxylation is 3. The topological polar surface area (TPSA) is 86.8 Å². The summed E-state index contributed by atoms with van der Waals surface area (Å²) in [5.41, 5.74) is 4.51. The lowest BCUT2D eigenvalue weighted by Gasteiger charge is -2.34. The Hall–Kier alpha value is -3.85. The molecule has 10 heteroatoms. The largest absolute Gasteiger partial charge is 0.352 e. The van der Waals surface area contributed by atoms with Crippen molar-refractivity contribution in [2.45, 2.75) is 71.0 Å². The highest BCUT2D eigenvalue weighted by molar-refractivity contribution is 7.92. The molecule has 0 saturated heterocycles. The zero-order chi connectivity index (χ0) is 34.3. The van der Waals surface area contributed by atoms with E-state index in [1.54, 1.807) is 42.5 Å². The normalized spacial score (nSPS) is 12.7. The van der Waals surface area contributed by atoms with Crippen LogP contribution in [0, 0.1) is 20.8 Å². The summed E-state index contributed by atoms with van der Waals surface area (Å²) in [6.45, 7) is 8.96. The number of hydrogen-bond donors (Lipinski definition) is 1. The van der Waals surface area contributed by atoms with Gasteiger partial charge in [0.05, 0.1) is 10.6 Å². The Morgan fingerprint density at radius 2 is 1.53 bits per heavy atom. The smallest absolute Gasteiger partial charge is 0.264 e. The molecule has 0 fully saturated rings. The summed E-state index contributed by atoms with van der Waals surface area (Å²) in [5, 5.41) is 3.79. The second kappa shape index (κ2) is 15.8. The van der Waals surface area contributed by atoms with E-state index in [9.17, 15) is 18.0 Å². The summed E-state index contributed by atoms with van der Waals surface area (Å²) in [6.07, 6.45) is 0.893. The maximum Gasteiger partial charge on any atom is 0.264 e. The first-order chi connectivity index (χ1) is 22.3. The molecule has 0 saturated carbocycles. The maximum absolute atomic E-state index is 14.7. The number of rotatable bonds is 13. The van der Waals surface area contributed by atoms with E-state index in [0.717, 1.165) is 26.6 Å². The highest BCUT2D eigenvalue weighted by Crippen LogP contribution is 2.28. The molecule has 0 spiro atoms. The third-order valence-electron chi connectivity index (χ3n) is 8.29. The molecule has 0 bridgehead atoms. The van der Waals surface area contributed by atoms with Crippen LogP contribution in [0.1, 0.15) is 48.1 Å². The van der Waals surface area contributed by atoms with E-state index >= 15 is 0 Å². The van der Waals surface area contributed by atoms with Crippen molar-refractivity contribution in [2.75, 3.05) is 10.8 Å². The van der Waals surface area contributed by atoms with E-state index in [2.05, 4.69) is 5.32 Å². The van der Waals surface area contributed by atoms with Crippen LogP contribution in [0.15, 0.2) is 95.9 Å². The summed E-state index contributed by atoms with van der Waals surface area (Å²) in [4.78, 5) is 30.1. The molecule has 0 radical (unpaired) electrons. The van der Waals surface area contributed by atoms with Gasteiger partial charge < -0.3 is 10.2 Å². The minimum atomic E-state index is -4.20. The van der Waals surface area contributed by atoms with Crippen molar-refractivity contribution in [3.05, 3.63) is 129 Å². The summed E-state index contributed by atoms with van der Waals surface area (Å²) in [5.74, 6) is -0.911. The fourth-order valence-electron chi connectivity index (χ4n) is 5.08. The molecular formula is C37H41Cl2N3O4S. The highest BCUT2D eigenvalue weighted by Gasteiger charge is 2.35. The molecule has 47 heavy (non-hydrogen) atoms. The number of hydrogen-bond acceptors (Lipinski definition) is 4. The van der Waals surface area contributed by atoms with Gasteiger partial charge >= 0.3 is 0 Å². The van der Waals surface area contributed by atoms with Gasteiger partial charge in [-0.25, -0.2) is 8.42 Å². The predicted molar refractivity (Wildman–Crippen MR) is 190 cm³/mol. The molecule has 7 nitrogen and oxygen atoms in total. The van der Waals surface area contributed by atoms with Gasteiger partial charge in [0.1, 0.15) is 12.6 Å². The van der Waals surface area contributed by atoms with Crippen LogP contribution in [0.3, 0.4) is 0 Å². The van der Waals surface area contributed by atoms with Gasteiger partial charge in [0.25, 0.3) is 10.0 Å². The molecule has 1 N–H and O–H groups in total. The van der Waals surface area contributed by atoms with Crippen LogP contribution in [0.25, 0.3) is 0 Å². The molecule has 2 amide bonds. The summed E-state index contributed by atoms with van der Waals surface area (Å²) in [7, 11) is -4.20. The Bertz CT molecular complexity index is 1820. The number of benzene rings is 4. The van der Waals surface area contributed by atoms with Crippen LogP contribution in [0.2, 0.25) is 10.0 Å². The van der Waals surface area contributed by atoms with Gasteiger partial charge in [-0.1, -0.05) is 90.3 Å². The fraction of sp³-hybridized carbons (Fsp3) is 0.297. The van der Waals surface area contributed by atoms with Crippen molar-refractivity contribution in [1.82, 2.24) is 10.2 Å². The molecule has 0 unspecified atom stereocenters. The Morgan fingerprint density at radius 3 is 2.15 bits per heavy atom. The average molecular weight is 695 g/mol. The SMILES string of the molecule is CC[C@H](C)NC(=O)[C@H](Cc1ccccc1)N(Cc1ccc(Cl)cc1Cl)C(=O)CN(c1ccc(C)c(C)c1)S(=O)(=O)c1ccc(C)cc1. The van der Waals surface area contributed by atoms with E-state index in [1.807, 2.05) is 71.0 Å². The lowest BCUT2D eigenvalue weighted by molar-refractivity contribution is -0.140. The van der Waals surface area contributed by atoms with Crippen molar-refractivity contribution in [3.8, 4) is 0 Å². The molecule has 0 aromatic heterocycles. The van der Waals surface area contributed by atoms with Gasteiger partial charge in [-0.2, -0.15) is 0 Å². The van der Waals surface area contributed by atoms with Gasteiger partial charge in [-0.05, 0) is 92.8 Å². The molecule has 0 aliphatic carbocycles. The number of nitrogens with one attached hydrogen (secondary N) is 1. The van der Waals surface area contributed by atoms with E-state index in [1.165, 1.54) is 17.0 Å². The summed E-state index contributed by atoms with van der Waals surface area (Å²) < 4.78 is 29.7. The molecule has 4 aromatic carbocycles. The minimum absolute atomic E-state index is 0.0500. The molecule has 4 rings (SSSR count). The van der Waals surface area contributed by atoms with Crippen molar-refractivity contribution < 1.29 is 18.0 Å². The lowest BCUT2D eigenvalue weighted by Crippen LogP contribution is -2.54. The van der Waals surface area contributed by atoms with Crippen LogP contribution in [-0.4, -0.2) is 43.8 Å². The second-order valence-corrected chi connectivity index (χ2v) is 14.6. The predicted octanol–water partition coefficient (Wildman–Crippen LogP) is 7.67. The summed E-state index contributed by atoms with van der Waals surface area (Å²) in [6, 6.07) is 25.0. The molecular weight excluding hydrogens is 653 g/mol. The average Bonchev–Trinajstić information content (AvgIpc) is 3.04. The standard InChI is InChI=1S/C37H41Cl2N3O4S/c1-6-28(5)40-37(44)35(21-29-10-8-7-9-11-29)41(23-30-15-16-31(38)22-34(30)39)36(43)24-42(32-17-14-26(3)27(4)20-32)47(45,46)33-18-12-25(2)13-19-33/h7-20,22,28,35H,6,21,23-24H2,1-5H3,(H,40,44)/t28-,35-/m0/s1. The first-order valence-electron chi connectivity index (χ1n) is 15.5. The third kappa shape index (κ3) is 9.15. The number of carbonyl (C=O) groups excluding carboxylic acids is 2.